The van der Waals surface area contributed by atoms with Gasteiger partial charge < -0.3 is 0 Å². The van der Waals surface area contributed by atoms with Gasteiger partial charge in [0.2, 0.25) is 0 Å². The molecule has 0 saturated heterocycles. The molecule has 1 unspecified atom stereocenters. The van der Waals surface area contributed by atoms with Crippen molar-refractivity contribution in [2.45, 2.75) is 34.1 Å². The fraction of sp³-hybridized carbons (Fsp3) is 0.875. The van der Waals surface area contributed by atoms with Gasteiger partial charge in [-0.3, -0.25) is 0 Å². The summed E-state index contributed by atoms with van der Waals surface area (Å²) in [5.41, 5.74) is -0.653. The van der Waals surface area contributed by atoms with E-state index in [-0.39, 0.29) is 5.92 Å². The fourth-order valence-corrected chi connectivity index (χ4v) is 0.788. The Morgan fingerprint density at radius 3 is 1.90 bits per heavy atom. The molecule has 0 amide bonds. The first-order chi connectivity index (χ1) is 4.45. The van der Waals surface area contributed by atoms with Gasteiger partial charge in [0.15, 0.2) is 0 Å². The predicted molar refractivity (Wildman–Crippen MR) is 38.9 cm³/mol. The Morgan fingerprint density at radius 1 is 1.50 bits per heavy atom. The fourth-order valence-electron chi connectivity index (χ4n) is 0.788. The van der Waals surface area contributed by atoms with Crippen LogP contribution in [0.4, 0.5) is 0 Å². The topological polar surface area (TPSA) is 37.0 Å². The molecule has 0 saturated carbocycles. The lowest BCUT2D eigenvalue weighted by Crippen LogP contribution is -2.31. The van der Waals surface area contributed by atoms with Crippen molar-refractivity contribution in [3.05, 3.63) is 0 Å². The lowest BCUT2D eigenvalue weighted by Gasteiger charge is -2.25. The van der Waals surface area contributed by atoms with Gasteiger partial charge in [0.25, 0.3) is 0 Å². The summed E-state index contributed by atoms with van der Waals surface area (Å²) in [6.07, 6.45) is 0.632. The van der Waals surface area contributed by atoms with Crippen molar-refractivity contribution in [2.24, 2.45) is 11.3 Å². The Hall–Kier alpha value is -0.530. The van der Waals surface area contributed by atoms with Gasteiger partial charge in [0.1, 0.15) is 0 Å². The van der Waals surface area contributed by atoms with Crippen LogP contribution in [0, 0.1) is 11.3 Å². The van der Waals surface area contributed by atoms with Crippen LogP contribution in [0.5, 0.6) is 0 Å². The average Bonchev–Trinajstić information content (AvgIpc) is 1.85. The number of hydrogen-bond acceptors (Lipinski definition) is 1. The quantitative estimate of drug-likeness (QED) is 0.595. The second-order valence-corrected chi connectivity index (χ2v) is 3.21. The highest BCUT2D eigenvalue weighted by Gasteiger charge is 2.35. The van der Waals surface area contributed by atoms with Gasteiger partial charge in [-0.2, -0.15) is 0 Å². The summed E-state index contributed by atoms with van der Waals surface area (Å²) in [5.74, 6) is -0.799. The third kappa shape index (κ3) is 1.49. The van der Waals surface area contributed by atoms with E-state index in [4.69, 9.17) is 0 Å². The third-order valence-electron chi connectivity index (χ3n) is 2.48. The smallest absolute Gasteiger partial charge is 0.247 e. The Balaban J connectivity index is 4.38. The Labute approximate surface area is 62.2 Å². The zero-order valence-electron chi connectivity index (χ0n) is 7.10. The summed E-state index contributed by atoms with van der Waals surface area (Å²) >= 11 is 0. The minimum absolute atomic E-state index is 0.141. The van der Waals surface area contributed by atoms with Gasteiger partial charge in [0, 0.05) is 0 Å². The van der Waals surface area contributed by atoms with E-state index in [0.29, 0.717) is 6.42 Å². The Morgan fingerprint density at radius 2 is 1.90 bits per heavy atom. The standard InChI is InChI=1S/C8H15O2/c1-5-8(4,6(2)3)7(9)10/h6H,5H2,1-4H3. The van der Waals surface area contributed by atoms with E-state index >= 15 is 0 Å². The summed E-state index contributed by atoms with van der Waals surface area (Å²) in [4.78, 5) is 10.6. The Bertz CT molecular complexity index is 129. The van der Waals surface area contributed by atoms with Crippen LogP contribution in [-0.2, 0) is 9.90 Å². The predicted octanol–water partition coefficient (Wildman–Crippen LogP) is 2.02. The first-order valence-corrected chi connectivity index (χ1v) is 3.66. The summed E-state index contributed by atoms with van der Waals surface area (Å²) in [6.45, 7) is 7.40. The zero-order chi connectivity index (χ0) is 8.36. The number of carbonyl (C=O) groups is 1. The molecule has 0 heterocycles. The largest absolute Gasteiger partial charge is 0.361 e. The van der Waals surface area contributed by atoms with Crippen LogP contribution in [0.2, 0.25) is 0 Å². The van der Waals surface area contributed by atoms with Crippen LogP contribution in [0.25, 0.3) is 0 Å². The van der Waals surface area contributed by atoms with E-state index in [1.807, 2.05) is 20.8 Å². The molecule has 2 nitrogen and oxygen atoms in total. The number of carbonyl (C=O) groups excluding carboxylic acids is 1. The van der Waals surface area contributed by atoms with Crippen molar-refractivity contribution in [3.8, 4) is 0 Å². The van der Waals surface area contributed by atoms with E-state index in [2.05, 4.69) is 0 Å². The molecule has 0 aliphatic heterocycles. The van der Waals surface area contributed by atoms with Crippen LogP contribution in [0.3, 0.4) is 0 Å². The van der Waals surface area contributed by atoms with E-state index in [1.54, 1.807) is 6.92 Å². The van der Waals surface area contributed by atoms with E-state index in [9.17, 15) is 9.90 Å². The molecular formula is C8H15O2. The van der Waals surface area contributed by atoms with Gasteiger partial charge in [-0.25, -0.2) is 9.90 Å². The highest BCUT2D eigenvalue weighted by atomic mass is 16.4. The third-order valence-corrected chi connectivity index (χ3v) is 2.48. The van der Waals surface area contributed by atoms with Crippen molar-refractivity contribution in [2.75, 3.05) is 0 Å². The lowest BCUT2D eigenvalue weighted by atomic mass is 9.77. The van der Waals surface area contributed by atoms with Gasteiger partial charge in [0.05, 0.1) is 5.41 Å². The van der Waals surface area contributed by atoms with Crippen LogP contribution in [0.1, 0.15) is 34.1 Å². The molecule has 59 valence electrons. The summed E-state index contributed by atoms with van der Waals surface area (Å²) in [5, 5.41) is 10.6. The SMILES string of the molecule is CCC(C)(C([O])=O)C(C)C. The molecule has 10 heavy (non-hydrogen) atoms. The first-order valence-electron chi connectivity index (χ1n) is 3.66. The second kappa shape index (κ2) is 3.04. The summed E-state index contributed by atoms with van der Waals surface area (Å²) in [7, 11) is 0. The average molecular weight is 143 g/mol. The van der Waals surface area contributed by atoms with Crippen molar-refractivity contribution >= 4 is 5.97 Å². The van der Waals surface area contributed by atoms with Gasteiger partial charge in [-0.15, -0.1) is 0 Å². The van der Waals surface area contributed by atoms with Gasteiger partial charge >= 0.3 is 5.97 Å². The van der Waals surface area contributed by atoms with Crippen molar-refractivity contribution < 1.29 is 9.90 Å². The first kappa shape index (κ1) is 9.47. The summed E-state index contributed by atoms with van der Waals surface area (Å²) < 4.78 is 0. The minimum atomic E-state index is -0.940. The maximum absolute atomic E-state index is 10.6. The maximum atomic E-state index is 10.6. The molecule has 0 spiro atoms. The summed E-state index contributed by atoms with van der Waals surface area (Å²) in [6, 6.07) is 0. The van der Waals surface area contributed by atoms with Crippen LogP contribution in [-0.4, -0.2) is 5.97 Å². The number of rotatable bonds is 3. The molecule has 0 aliphatic carbocycles. The minimum Gasteiger partial charge on any atom is -0.247 e. The van der Waals surface area contributed by atoms with Crippen molar-refractivity contribution in [3.63, 3.8) is 0 Å². The molecule has 0 N–H and O–H groups in total. The highest BCUT2D eigenvalue weighted by Crippen LogP contribution is 2.30. The molecule has 2 heteroatoms. The molecule has 0 aromatic carbocycles. The van der Waals surface area contributed by atoms with Gasteiger partial charge in [-0.1, -0.05) is 20.8 Å². The molecule has 0 aliphatic rings. The van der Waals surface area contributed by atoms with Crippen LogP contribution < -0.4 is 0 Å². The van der Waals surface area contributed by atoms with E-state index < -0.39 is 11.4 Å². The molecule has 1 radical (unpaired) electrons. The Kier molecular flexibility index (Phi) is 2.88. The second-order valence-electron chi connectivity index (χ2n) is 3.21. The van der Waals surface area contributed by atoms with Crippen molar-refractivity contribution in [1.82, 2.24) is 0 Å². The lowest BCUT2D eigenvalue weighted by molar-refractivity contribution is -0.157. The number of hydrogen-bond donors (Lipinski definition) is 0. The van der Waals surface area contributed by atoms with Gasteiger partial charge in [-0.05, 0) is 19.3 Å². The molecule has 0 rings (SSSR count). The monoisotopic (exact) mass is 143 g/mol. The molecule has 0 bridgehead atoms. The van der Waals surface area contributed by atoms with Crippen molar-refractivity contribution in [1.29, 1.82) is 0 Å². The molecule has 0 aromatic rings. The molecule has 0 aromatic heterocycles. The highest BCUT2D eigenvalue weighted by molar-refractivity contribution is 5.73. The van der Waals surface area contributed by atoms with E-state index in [0.717, 1.165) is 0 Å². The molecular weight excluding hydrogens is 128 g/mol. The maximum Gasteiger partial charge on any atom is 0.361 e. The molecule has 0 fully saturated rings. The molecule has 1 atom stereocenters. The van der Waals surface area contributed by atoms with E-state index in [1.165, 1.54) is 0 Å². The normalized spacial score (nSPS) is 16.9. The van der Waals surface area contributed by atoms with Crippen LogP contribution >= 0.6 is 0 Å². The van der Waals surface area contributed by atoms with Crippen LogP contribution in [0.15, 0.2) is 0 Å². The zero-order valence-corrected chi connectivity index (χ0v) is 7.10.